The molecule has 132 valence electrons. The summed E-state index contributed by atoms with van der Waals surface area (Å²) in [6.45, 7) is 3.30. The highest BCUT2D eigenvalue weighted by atomic mass is 32.2. The van der Waals surface area contributed by atoms with Gasteiger partial charge in [-0.3, -0.25) is 14.5 Å². The summed E-state index contributed by atoms with van der Waals surface area (Å²) in [6, 6.07) is 6.13. The lowest BCUT2D eigenvalue weighted by atomic mass is 10.1. The summed E-state index contributed by atoms with van der Waals surface area (Å²) in [5.41, 5.74) is 0.558. The van der Waals surface area contributed by atoms with Gasteiger partial charge in [0.05, 0.1) is 11.8 Å². The lowest BCUT2D eigenvalue weighted by Crippen LogP contribution is -2.42. The normalized spacial score (nSPS) is 20.8. The third-order valence-corrected chi connectivity index (χ3v) is 4.58. The van der Waals surface area contributed by atoms with Gasteiger partial charge in [0.2, 0.25) is 11.8 Å². The molecule has 0 saturated carbocycles. The molecule has 1 aliphatic heterocycles. The average Bonchev–Trinajstić information content (AvgIpc) is 2.92. The molecule has 2 atom stereocenters. The van der Waals surface area contributed by atoms with Crippen molar-refractivity contribution in [2.45, 2.75) is 32.0 Å². The quantitative estimate of drug-likeness (QED) is 0.778. The number of amides is 2. The fourth-order valence-corrected chi connectivity index (χ4v) is 3.34. The molecule has 1 fully saturated rings. The van der Waals surface area contributed by atoms with E-state index in [0.717, 1.165) is 0 Å². The SMILES string of the molecule is CCNC(=O)[C@@H]1C[C@H](NC(=O)CSC)CN1Cc1ccccc1F. The number of nitrogens with one attached hydrogen (secondary N) is 2. The van der Waals surface area contributed by atoms with Gasteiger partial charge < -0.3 is 10.6 Å². The molecule has 0 aliphatic carbocycles. The van der Waals surface area contributed by atoms with E-state index in [4.69, 9.17) is 0 Å². The van der Waals surface area contributed by atoms with E-state index in [1.165, 1.54) is 17.8 Å². The van der Waals surface area contributed by atoms with E-state index in [2.05, 4.69) is 10.6 Å². The minimum atomic E-state index is -0.357. The summed E-state index contributed by atoms with van der Waals surface area (Å²) in [4.78, 5) is 26.1. The van der Waals surface area contributed by atoms with Gasteiger partial charge in [0.15, 0.2) is 0 Å². The molecule has 5 nitrogen and oxygen atoms in total. The number of halogens is 1. The molecule has 1 saturated heterocycles. The van der Waals surface area contributed by atoms with Gasteiger partial charge in [0.25, 0.3) is 0 Å². The second-order valence-electron chi connectivity index (χ2n) is 5.86. The van der Waals surface area contributed by atoms with Gasteiger partial charge in [-0.05, 0) is 25.7 Å². The molecule has 2 amide bonds. The summed E-state index contributed by atoms with van der Waals surface area (Å²) < 4.78 is 13.9. The largest absolute Gasteiger partial charge is 0.355 e. The Morgan fingerprint density at radius 3 is 2.79 bits per heavy atom. The first-order valence-corrected chi connectivity index (χ1v) is 9.48. The number of hydrogen-bond donors (Lipinski definition) is 2. The van der Waals surface area contributed by atoms with Gasteiger partial charge in [0, 0.05) is 31.2 Å². The van der Waals surface area contributed by atoms with Crippen LogP contribution in [0, 0.1) is 5.82 Å². The van der Waals surface area contributed by atoms with Gasteiger partial charge in [-0.2, -0.15) is 11.8 Å². The number of thioether (sulfide) groups is 1. The first-order chi connectivity index (χ1) is 11.5. The van der Waals surface area contributed by atoms with Crippen LogP contribution in [0.5, 0.6) is 0 Å². The Balaban J connectivity index is 2.08. The van der Waals surface area contributed by atoms with Crippen LogP contribution >= 0.6 is 11.8 Å². The number of rotatable bonds is 7. The number of likely N-dealkylation sites (tertiary alicyclic amines) is 1. The Kier molecular flexibility index (Phi) is 7.05. The van der Waals surface area contributed by atoms with Gasteiger partial charge in [-0.25, -0.2) is 4.39 Å². The number of benzene rings is 1. The molecule has 0 radical (unpaired) electrons. The topological polar surface area (TPSA) is 61.4 Å². The van der Waals surface area contributed by atoms with E-state index in [9.17, 15) is 14.0 Å². The Hall–Kier alpha value is -1.60. The molecule has 1 aromatic carbocycles. The highest BCUT2D eigenvalue weighted by Crippen LogP contribution is 2.22. The second-order valence-corrected chi connectivity index (χ2v) is 6.73. The zero-order valence-electron chi connectivity index (χ0n) is 14.0. The molecule has 2 rings (SSSR count). The van der Waals surface area contributed by atoms with Gasteiger partial charge >= 0.3 is 0 Å². The molecule has 1 heterocycles. The lowest BCUT2D eigenvalue weighted by molar-refractivity contribution is -0.125. The maximum atomic E-state index is 13.9. The molecule has 7 heteroatoms. The van der Waals surface area contributed by atoms with Crippen LogP contribution < -0.4 is 10.6 Å². The van der Waals surface area contributed by atoms with Gasteiger partial charge in [0.1, 0.15) is 5.82 Å². The van der Waals surface area contributed by atoms with E-state index >= 15 is 0 Å². The van der Waals surface area contributed by atoms with Crippen LogP contribution in [0.2, 0.25) is 0 Å². The van der Waals surface area contributed by atoms with Gasteiger partial charge in [-0.1, -0.05) is 18.2 Å². The summed E-state index contributed by atoms with van der Waals surface area (Å²) in [5.74, 6) is 0.0164. The second kappa shape index (κ2) is 9.03. The fourth-order valence-electron chi connectivity index (χ4n) is 2.99. The van der Waals surface area contributed by atoms with E-state index in [0.29, 0.717) is 37.4 Å². The Morgan fingerprint density at radius 2 is 2.12 bits per heavy atom. The van der Waals surface area contributed by atoms with Crippen molar-refractivity contribution in [3.05, 3.63) is 35.6 Å². The maximum absolute atomic E-state index is 13.9. The summed E-state index contributed by atoms with van der Waals surface area (Å²) in [5, 5.41) is 5.79. The molecule has 0 spiro atoms. The van der Waals surface area contributed by atoms with Crippen molar-refractivity contribution in [3.63, 3.8) is 0 Å². The van der Waals surface area contributed by atoms with E-state index in [1.807, 2.05) is 18.1 Å². The van der Waals surface area contributed by atoms with Crippen molar-refractivity contribution in [2.24, 2.45) is 0 Å². The molecule has 0 aromatic heterocycles. The van der Waals surface area contributed by atoms with Crippen LogP contribution in [0.3, 0.4) is 0 Å². The predicted octanol–water partition coefficient (Wildman–Crippen LogP) is 1.38. The van der Waals surface area contributed by atoms with Gasteiger partial charge in [-0.15, -0.1) is 0 Å². The minimum Gasteiger partial charge on any atom is -0.355 e. The van der Waals surface area contributed by atoms with Crippen LogP contribution in [0.1, 0.15) is 18.9 Å². The molecule has 1 aromatic rings. The van der Waals surface area contributed by atoms with Crippen molar-refractivity contribution >= 4 is 23.6 Å². The predicted molar refractivity (Wildman–Crippen MR) is 94.2 cm³/mol. The molecule has 1 aliphatic rings. The third-order valence-electron chi connectivity index (χ3n) is 4.03. The molecule has 0 bridgehead atoms. The Morgan fingerprint density at radius 1 is 1.38 bits per heavy atom. The first-order valence-electron chi connectivity index (χ1n) is 8.08. The summed E-state index contributed by atoms with van der Waals surface area (Å²) in [6.07, 6.45) is 2.41. The smallest absolute Gasteiger partial charge is 0.237 e. The van der Waals surface area contributed by atoms with Crippen LogP contribution in [0.4, 0.5) is 4.39 Å². The monoisotopic (exact) mass is 353 g/mol. The number of likely N-dealkylation sites (N-methyl/N-ethyl adjacent to an activating group) is 1. The Labute approximate surface area is 146 Å². The minimum absolute atomic E-state index is 0.0325. The zero-order valence-corrected chi connectivity index (χ0v) is 14.9. The van der Waals surface area contributed by atoms with Crippen molar-refractivity contribution < 1.29 is 14.0 Å². The van der Waals surface area contributed by atoms with Crippen molar-refractivity contribution in [1.82, 2.24) is 15.5 Å². The van der Waals surface area contributed by atoms with Crippen molar-refractivity contribution in [1.29, 1.82) is 0 Å². The highest BCUT2D eigenvalue weighted by Gasteiger charge is 2.37. The highest BCUT2D eigenvalue weighted by molar-refractivity contribution is 7.99. The van der Waals surface area contributed by atoms with Crippen molar-refractivity contribution in [2.75, 3.05) is 25.1 Å². The molecule has 24 heavy (non-hydrogen) atoms. The average molecular weight is 353 g/mol. The first kappa shape index (κ1) is 18.7. The molecule has 2 N–H and O–H groups in total. The van der Waals surface area contributed by atoms with Crippen LogP contribution in [0.15, 0.2) is 24.3 Å². The van der Waals surface area contributed by atoms with E-state index in [1.54, 1.807) is 18.2 Å². The van der Waals surface area contributed by atoms with Crippen molar-refractivity contribution in [3.8, 4) is 0 Å². The number of carbonyl (C=O) groups excluding carboxylic acids is 2. The van der Waals surface area contributed by atoms with E-state index in [-0.39, 0.29) is 29.7 Å². The zero-order chi connectivity index (χ0) is 17.5. The van der Waals surface area contributed by atoms with Crippen LogP contribution in [0.25, 0.3) is 0 Å². The maximum Gasteiger partial charge on any atom is 0.237 e. The summed E-state index contributed by atoms with van der Waals surface area (Å²) in [7, 11) is 0. The Bertz CT molecular complexity index is 585. The number of carbonyl (C=O) groups is 2. The van der Waals surface area contributed by atoms with E-state index < -0.39 is 0 Å². The summed E-state index contributed by atoms with van der Waals surface area (Å²) >= 11 is 1.46. The molecule has 0 unspecified atom stereocenters. The fraction of sp³-hybridized carbons (Fsp3) is 0.529. The molecular formula is C17H24FN3O2S. The van der Waals surface area contributed by atoms with Crippen LogP contribution in [-0.4, -0.2) is 53.9 Å². The number of nitrogens with zero attached hydrogens (tertiary/aromatic N) is 1. The lowest BCUT2D eigenvalue weighted by Gasteiger charge is -2.23. The standard InChI is InChI=1S/C17H24FN3O2S/c1-3-19-17(23)15-8-13(20-16(22)11-24-2)10-21(15)9-12-6-4-5-7-14(12)18/h4-7,13,15H,3,8-11H2,1-2H3,(H,19,23)(H,20,22)/t13-,15-/m0/s1. The number of hydrogen-bond acceptors (Lipinski definition) is 4. The third kappa shape index (κ3) is 4.95. The molecular weight excluding hydrogens is 329 g/mol. The van der Waals surface area contributed by atoms with Crippen LogP contribution in [-0.2, 0) is 16.1 Å².